The molecule has 2 aromatic carbocycles. The predicted molar refractivity (Wildman–Crippen MR) is 122 cm³/mol. The normalized spacial score (nSPS) is 13.3. The highest BCUT2D eigenvalue weighted by Gasteiger charge is 2.20. The molecule has 1 heterocycles. The molecule has 1 aliphatic rings. The van der Waals surface area contributed by atoms with E-state index in [0.29, 0.717) is 27.6 Å². The molecular formula is C25H18Cl2N2O. The van der Waals surface area contributed by atoms with Gasteiger partial charge >= 0.3 is 0 Å². The highest BCUT2D eigenvalue weighted by atomic mass is 35.5. The zero-order valence-electron chi connectivity index (χ0n) is 16.1. The summed E-state index contributed by atoms with van der Waals surface area (Å²) in [7, 11) is 0. The van der Waals surface area contributed by atoms with Gasteiger partial charge in [-0.3, -0.25) is 0 Å². The summed E-state index contributed by atoms with van der Waals surface area (Å²) in [5, 5.41) is 10.3. The number of nitriles is 1. The van der Waals surface area contributed by atoms with Gasteiger partial charge in [-0.2, -0.15) is 5.26 Å². The summed E-state index contributed by atoms with van der Waals surface area (Å²) in [6.07, 6.45) is 9.40. The fraction of sp³-hybridized carbons (Fsp3) is 0.120. The monoisotopic (exact) mass is 432 g/mol. The van der Waals surface area contributed by atoms with E-state index < -0.39 is 0 Å². The zero-order chi connectivity index (χ0) is 20.9. The summed E-state index contributed by atoms with van der Waals surface area (Å²) >= 11 is 13.1. The number of hydrogen-bond donors (Lipinski definition) is 0. The van der Waals surface area contributed by atoms with Gasteiger partial charge in [0, 0.05) is 11.1 Å². The molecule has 0 spiro atoms. The van der Waals surface area contributed by atoms with E-state index in [-0.39, 0.29) is 5.15 Å². The standard InChI is InChI=1S/C25H18Cl2N2O/c26-23-21(16-28)24(29-25(27)22(23)17-8-4-3-5-9-17)18-12-14-20(15-13-18)30-19-10-6-1-2-7-11-19/h3-6,8-15H,1-2,7H2. The van der Waals surface area contributed by atoms with E-state index in [2.05, 4.69) is 23.2 Å². The molecule has 0 saturated heterocycles. The number of ether oxygens (including phenoxy) is 1. The first kappa shape index (κ1) is 20.2. The lowest BCUT2D eigenvalue weighted by atomic mass is 10.0. The zero-order valence-corrected chi connectivity index (χ0v) is 17.6. The van der Waals surface area contributed by atoms with Crippen LogP contribution in [0.2, 0.25) is 10.2 Å². The van der Waals surface area contributed by atoms with Gasteiger partial charge in [-0.1, -0.05) is 59.6 Å². The number of aromatic nitrogens is 1. The molecule has 0 saturated carbocycles. The quantitative estimate of drug-likeness (QED) is 0.398. The van der Waals surface area contributed by atoms with Crippen molar-refractivity contribution in [3.8, 4) is 34.2 Å². The Bertz CT molecular complexity index is 1160. The molecule has 4 rings (SSSR count). The molecule has 30 heavy (non-hydrogen) atoms. The average molecular weight is 433 g/mol. The van der Waals surface area contributed by atoms with Gasteiger partial charge in [0.25, 0.3) is 0 Å². The number of nitrogens with zero attached hydrogens (tertiary/aromatic N) is 2. The summed E-state index contributed by atoms with van der Waals surface area (Å²) in [5.41, 5.74) is 2.87. The van der Waals surface area contributed by atoms with Crippen molar-refractivity contribution in [3.05, 3.63) is 94.3 Å². The molecule has 148 valence electrons. The van der Waals surface area contributed by atoms with Gasteiger partial charge in [-0.25, -0.2) is 4.98 Å². The van der Waals surface area contributed by atoms with Crippen LogP contribution in [0.3, 0.4) is 0 Å². The number of rotatable bonds is 4. The lowest BCUT2D eigenvalue weighted by Crippen LogP contribution is -1.96. The first-order chi connectivity index (χ1) is 14.7. The fourth-order valence-electron chi connectivity index (χ4n) is 3.33. The van der Waals surface area contributed by atoms with Gasteiger partial charge in [-0.15, -0.1) is 0 Å². The van der Waals surface area contributed by atoms with Crippen molar-refractivity contribution in [1.29, 1.82) is 5.26 Å². The fourth-order valence-corrected chi connectivity index (χ4v) is 4.00. The lowest BCUT2D eigenvalue weighted by molar-refractivity contribution is 0.442. The van der Waals surface area contributed by atoms with Gasteiger partial charge in [-0.05, 0) is 61.2 Å². The molecule has 3 nitrogen and oxygen atoms in total. The Morgan fingerprint density at radius 2 is 1.70 bits per heavy atom. The topological polar surface area (TPSA) is 45.9 Å². The number of pyridine rings is 1. The van der Waals surface area contributed by atoms with Crippen LogP contribution in [0.1, 0.15) is 24.8 Å². The highest BCUT2D eigenvalue weighted by molar-refractivity contribution is 6.39. The number of hydrogen-bond acceptors (Lipinski definition) is 3. The SMILES string of the molecule is N#Cc1c(-c2ccc(OC3=CCCCC=C3)cc2)nc(Cl)c(-c2ccccc2)c1Cl. The minimum absolute atomic E-state index is 0.259. The van der Waals surface area contributed by atoms with Crippen LogP contribution in [0.25, 0.3) is 22.4 Å². The molecule has 1 aromatic heterocycles. The second kappa shape index (κ2) is 9.17. The van der Waals surface area contributed by atoms with Crippen LogP contribution < -0.4 is 4.74 Å². The van der Waals surface area contributed by atoms with Crippen LogP contribution in [-0.4, -0.2) is 4.98 Å². The molecule has 1 aliphatic carbocycles. The first-order valence-electron chi connectivity index (χ1n) is 9.67. The van der Waals surface area contributed by atoms with Gasteiger partial charge in [0.2, 0.25) is 0 Å². The maximum absolute atomic E-state index is 9.76. The molecule has 0 bridgehead atoms. The number of allylic oxidation sites excluding steroid dienone is 3. The smallest absolute Gasteiger partial charge is 0.139 e. The van der Waals surface area contributed by atoms with Crippen molar-refractivity contribution in [2.75, 3.05) is 0 Å². The lowest BCUT2D eigenvalue weighted by Gasteiger charge is -2.13. The number of benzene rings is 2. The van der Waals surface area contributed by atoms with Crippen molar-refractivity contribution in [2.45, 2.75) is 19.3 Å². The Kier molecular flexibility index (Phi) is 6.18. The Hall–Kier alpha value is -3.06. The Morgan fingerprint density at radius 1 is 0.933 bits per heavy atom. The maximum Gasteiger partial charge on any atom is 0.139 e. The van der Waals surface area contributed by atoms with E-state index in [0.717, 1.165) is 36.1 Å². The van der Waals surface area contributed by atoms with Gasteiger partial charge < -0.3 is 4.74 Å². The first-order valence-corrected chi connectivity index (χ1v) is 10.4. The molecule has 0 amide bonds. The molecule has 3 aromatic rings. The maximum atomic E-state index is 9.76. The van der Waals surface area contributed by atoms with Crippen LogP contribution in [0.5, 0.6) is 5.75 Å². The largest absolute Gasteiger partial charge is 0.458 e. The molecule has 0 unspecified atom stereocenters. The van der Waals surface area contributed by atoms with Crippen molar-refractivity contribution in [1.82, 2.24) is 4.98 Å². The van der Waals surface area contributed by atoms with Crippen molar-refractivity contribution in [2.24, 2.45) is 0 Å². The summed E-state index contributed by atoms with van der Waals surface area (Å²) < 4.78 is 5.94. The van der Waals surface area contributed by atoms with E-state index in [4.69, 9.17) is 27.9 Å². The van der Waals surface area contributed by atoms with Crippen LogP contribution in [-0.2, 0) is 0 Å². The second-order valence-corrected chi connectivity index (χ2v) is 7.60. The van der Waals surface area contributed by atoms with Crippen LogP contribution in [0, 0.1) is 11.3 Å². The molecule has 0 fully saturated rings. The van der Waals surface area contributed by atoms with E-state index in [9.17, 15) is 5.26 Å². The summed E-state index contributed by atoms with van der Waals surface area (Å²) in [4.78, 5) is 4.50. The molecule has 0 N–H and O–H groups in total. The third-order valence-electron chi connectivity index (χ3n) is 4.83. The predicted octanol–water partition coefficient (Wildman–Crippen LogP) is 7.60. The van der Waals surface area contributed by atoms with Crippen LogP contribution in [0.4, 0.5) is 0 Å². The molecule has 0 aliphatic heterocycles. The van der Waals surface area contributed by atoms with Crippen molar-refractivity contribution >= 4 is 23.2 Å². The van der Waals surface area contributed by atoms with Crippen molar-refractivity contribution < 1.29 is 4.74 Å². The number of halogens is 2. The average Bonchev–Trinajstić information content (AvgIpc) is 3.03. The summed E-state index contributed by atoms with van der Waals surface area (Å²) in [6.45, 7) is 0. The molecule has 0 radical (unpaired) electrons. The second-order valence-electron chi connectivity index (χ2n) is 6.86. The highest BCUT2D eigenvalue weighted by Crippen LogP contribution is 2.39. The third kappa shape index (κ3) is 4.26. The molecular weight excluding hydrogens is 415 g/mol. The van der Waals surface area contributed by atoms with E-state index in [1.54, 1.807) is 0 Å². The van der Waals surface area contributed by atoms with Crippen LogP contribution >= 0.6 is 23.2 Å². The van der Waals surface area contributed by atoms with E-state index in [1.807, 2.05) is 60.7 Å². The van der Waals surface area contributed by atoms with E-state index >= 15 is 0 Å². The summed E-state index contributed by atoms with van der Waals surface area (Å²) in [6, 6.07) is 19.1. The molecule has 0 atom stereocenters. The Morgan fingerprint density at radius 3 is 2.43 bits per heavy atom. The minimum Gasteiger partial charge on any atom is -0.458 e. The molecule has 5 heteroatoms. The van der Waals surface area contributed by atoms with Crippen molar-refractivity contribution in [3.63, 3.8) is 0 Å². The minimum atomic E-state index is 0.259. The van der Waals surface area contributed by atoms with Gasteiger partial charge in [0.15, 0.2) is 0 Å². The van der Waals surface area contributed by atoms with Crippen LogP contribution in [0.15, 0.2) is 78.6 Å². The third-order valence-corrected chi connectivity index (χ3v) is 5.48. The van der Waals surface area contributed by atoms with Gasteiger partial charge in [0.05, 0.1) is 16.3 Å². The summed E-state index contributed by atoms with van der Waals surface area (Å²) in [5.74, 6) is 1.56. The van der Waals surface area contributed by atoms with E-state index in [1.165, 1.54) is 0 Å². The Balaban J connectivity index is 1.69. The van der Waals surface area contributed by atoms with Gasteiger partial charge in [0.1, 0.15) is 22.7 Å². The Labute approximate surface area is 185 Å².